The fraction of sp³-hybridized carbons (Fsp3) is 0.636. The van der Waals surface area contributed by atoms with Crippen LogP contribution in [0.4, 0.5) is 10.8 Å². The van der Waals surface area contributed by atoms with Crippen molar-refractivity contribution in [1.29, 1.82) is 5.26 Å². The van der Waals surface area contributed by atoms with Gasteiger partial charge in [-0.25, -0.2) is 4.98 Å². The maximum atomic E-state index is 10.1. The first-order valence-corrected chi connectivity index (χ1v) is 17.0. The van der Waals surface area contributed by atoms with Crippen LogP contribution in [0.5, 0.6) is 5.88 Å². The number of thiophene rings is 1. The second-order valence-corrected chi connectivity index (χ2v) is 14.4. The van der Waals surface area contributed by atoms with Crippen molar-refractivity contribution >= 4 is 22.2 Å². The van der Waals surface area contributed by atoms with E-state index in [1.54, 1.807) is 0 Å². The fourth-order valence-electron chi connectivity index (χ4n) is 7.78. The first-order chi connectivity index (χ1) is 21.1. The number of nitrogens with one attached hydrogen (secondary N) is 1. The van der Waals surface area contributed by atoms with Crippen molar-refractivity contribution in [1.82, 2.24) is 25.3 Å². The van der Waals surface area contributed by atoms with Gasteiger partial charge in [0.2, 0.25) is 5.88 Å². The van der Waals surface area contributed by atoms with Gasteiger partial charge in [0.1, 0.15) is 23.0 Å². The molecule has 2 fully saturated rings. The molecule has 0 radical (unpaired) electrons. The molecule has 0 bridgehead atoms. The summed E-state index contributed by atoms with van der Waals surface area (Å²) in [5.74, 6) is 2.72. The highest BCUT2D eigenvalue weighted by molar-refractivity contribution is 7.16. The lowest BCUT2D eigenvalue weighted by molar-refractivity contribution is 0.117. The first kappa shape index (κ1) is 30.8. The molecule has 0 amide bonds. The minimum atomic E-state index is -0.509. The van der Waals surface area contributed by atoms with Crippen LogP contribution in [0.25, 0.3) is 11.5 Å². The zero-order chi connectivity index (χ0) is 31.2. The van der Waals surface area contributed by atoms with E-state index in [0.29, 0.717) is 46.1 Å². The predicted octanol–water partition coefficient (Wildman–Crippen LogP) is 5.29. The molecule has 0 saturated carbocycles. The van der Waals surface area contributed by atoms with Gasteiger partial charge in [-0.05, 0) is 85.4 Å². The molecule has 2 aliphatic heterocycles. The average Bonchev–Trinajstić information content (AvgIpc) is 3.69. The van der Waals surface area contributed by atoms with Crippen LogP contribution in [0, 0.1) is 11.3 Å². The third-order valence-corrected chi connectivity index (χ3v) is 10.8. The maximum Gasteiger partial charge on any atom is 0.219 e. The molecule has 0 spiro atoms. The average molecular weight is 619 g/mol. The number of nitrogen functional groups attached to an aromatic ring is 1. The Balaban J connectivity index is 1.45. The highest BCUT2D eigenvalue weighted by Crippen LogP contribution is 2.50. The number of likely N-dealkylation sites (N-methyl/N-ethyl adjacent to an activating group) is 1. The molecular formula is C33H46N8O2S. The van der Waals surface area contributed by atoms with Crippen LogP contribution in [-0.4, -0.2) is 70.9 Å². The summed E-state index contributed by atoms with van der Waals surface area (Å²) in [6.07, 6.45) is 6.71. The van der Waals surface area contributed by atoms with Crippen molar-refractivity contribution in [3.63, 3.8) is 0 Å². The molecule has 0 unspecified atom stereocenters. The van der Waals surface area contributed by atoms with Gasteiger partial charge < -0.3 is 25.2 Å². The summed E-state index contributed by atoms with van der Waals surface area (Å²) in [7, 11) is 2.17. The number of fused-ring (bicyclic) bond motifs is 1. The molecule has 10 nitrogen and oxygen atoms in total. The van der Waals surface area contributed by atoms with E-state index >= 15 is 0 Å². The SMILES string of the molecule is CCCc1c(-c2nc(O[C@@H](C)[C@@H]3CCCN3C)cc(N3C[C@H](C)N[C@@H](C)C3)n2)noc1[C@@]1(C)CCCc2sc(N)c(C#N)c21. The summed E-state index contributed by atoms with van der Waals surface area (Å²) >= 11 is 1.53. The third-order valence-electron chi connectivity index (χ3n) is 9.75. The number of piperazine rings is 1. The van der Waals surface area contributed by atoms with Gasteiger partial charge in [-0.15, -0.1) is 11.3 Å². The van der Waals surface area contributed by atoms with Gasteiger partial charge >= 0.3 is 0 Å². The molecule has 44 heavy (non-hydrogen) atoms. The number of ether oxygens (including phenoxy) is 1. The summed E-state index contributed by atoms with van der Waals surface area (Å²) in [5.41, 5.74) is 9.08. The largest absolute Gasteiger partial charge is 0.473 e. The molecule has 236 valence electrons. The number of rotatable bonds is 8. The molecule has 6 rings (SSSR count). The Bertz CT molecular complexity index is 1530. The van der Waals surface area contributed by atoms with Crippen LogP contribution >= 0.6 is 11.3 Å². The Morgan fingerprint density at radius 3 is 2.73 bits per heavy atom. The van der Waals surface area contributed by atoms with Gasteiger partial charge in [-0.3, -0.25) is 4.90 Å². The van der Waals surface area contributed by atoms with Gasteiger partial charge in [0.05, 0.1) is 11.0 Å². The normalized spacial score (nSPS) is 26.4. The minimum absolute atomic E-state index is 0.0185. The molecule has 5 atom stereocenters. The number of likely N-dealkylation sites (tertiary alicyclic amines) is 1. The molecule has 1 aliphatic carbocycles. The molecule has 0 aromatic carbocycles. The van der Waals surface area contributed by atoms with E-state index in [-0.39, 0.29) is 6.10 Å². The lowest BCUT2D eigenvalue weighted by Gasteiger charge is -2.37. The topological polar surface area (TPSA) is 129 Å². The Labute approximate surface area is 265 Å². The summed E-state index contributed by atoms with van der Waals surface area (Å²) in [4.78, 5) is 16.0. The number of nitrogens with zero attached hydrogens (tertiary/aromatic N) is 6. The zero-order valence-corrected chi connectivity index (χ0v) is 27.8. The third kappa shape index (κ3) is 5.57. The summed E-state index contributed by atoms with van der Waals surface area (Å²) in [5, 5.41) is 19.0. The Morgan fingerprint density at radius 2 is 2.05 bits per heavy atom. The maximum absolute atomic E-state index is 10.1. The smallest absolute Gasteiger partial charge is 0.219 e. The number of anilines is 2. The second-order valence-electron chi connectivity index (χ2n) is 13.3. The highest BCUT2D eigenvalue weighted by atomic mass is 32.1. The van der Waals surface area contributed by atoms with E-state index in [0.717, 1.165) is 80.9 Å². The van der Waals surface area contributed by atoms with Gasteiger partial charge in [0.15, 0.2) is 17.3 Å². The minimum Gasteiger partial charge on any atom is -0.473 e. The molecule has 2 saturated heterocycles. The van der Waals surface area contributed by atoms with Crippen LogP contribution in [0.3, 0.4) is 0 Å². The van der Waals surface area contributed by atoms with E-state index in [1.165, 1.54) is 22.6 Å². The van der Waals surface area contributed by atoms with Crippen molar-refractivity contribution in [2.75, 3.05) is 37.3 Å². The predicted molar refractivity (Wildman–Crippen MR) is 174 cm³/mol. The quantitative estimate of drug-likeness (QED) is 0.344. The highest BCUT2D eigenvalue weighted by Gasteiger charge is 2.44. The number of aryl methyl sites for hydroxylation is 1. The van der Waals surface area contributed by atoms with E-state index in [1.807, 2.05) is 6.07 Å². The molecule has 5 heterocycles. The van der Waals surface area contributed by atoms with Crippen molar-refractivity contribution < 1.29 is 9.26 Å². The zero-order valence-electron chi connectivity index (χ0n) is 26.9. The van der Waals surface area contributed by atoms with Crippen molar-refractivity contribution in [3.8, 4) is 23.5 Å². The Kier molecular flexibility index (Phi) is 8.61. The van der Waals surface area contributed by atoms with E-state index in [2.05, 4.69) is 68.0 Å². The van der Waals surface area contributed by atoms with Crippen LogP contribution in [-0.2, 0) is 18.3 Å². The van der Waals surface area contributed by atoms with Crippen molar-refractivity contribution in [2.24, 2.45) is 0 Å². The first-order valence-electron chi connectivity index (χ1n) is 16.2. The second kappa shape index (κ2) is 12.3. The Hall–Kier alpha value is -3.20. The van der Waals surface area contributed by atoms with Crippen molar-refractivity contribution in [2.45, 2.75) is 109 Å². The molecule has 3 aromatic rings. The number of nitrogens with two attached hydrogens (primary N) is 1. The van der Waals surface area contributed by atoms with Crippen LogP contribution in [0.15, 0.2) is 10.6 Å². The monoisotopic (exact) mass is 618 g/mol. The fourth-order valence-corrected chi connectivity index (χ4v) is 8.97. The molecule has 3 N–H and O–H groups in total. The number of hydrogen-bond donors (Lipinski definition) is 2. The van der Waals surface area contributed by atoms with Crippen LogP contribution in [0.1, 0.15) is 94.1 Å². The van der Waals surface area contributed by atoms with E-state index < -0.39 is 5.41 Å². The van der Waals surface area contributed by atoms with E-state index in [9.17, 15) is 5.26 Å². The van der Waals surface area contributed by atoms with E-state index in [4.69, 9.17) is 25.0 Å². The van der Waals surface area contributed by atoms with Gasteiger partial charge in [-0.2, -0.15) is 10.2 Å². The summed E-state index contributed by atoms with van der Waals surface area (Å²) < 4.78 is 12.9. The Morgan fingerprint density at radius 1 is 1.27 bits per heavy atom. The lowest BCUT2D eigenvalue weighted by Crippen LogP contribution is -2.54. The molecule has 3 aromatic heterocycles. The lowest BCUT2D eigenvalue weighted by atomic mass is 9.69. The molecule has 3 aliphatic rings. The summed E-state index contributed by atoms with van der Waals surface area (Å²) in [6.45, 7) is 13.6. The number of aromatic nitrogens is 3. The molecule has 11 heteroatoms. The summed E-state index contributed by atoms with van der Waals surface area (Å²) in [6, 6.07) is 5.38. The van der Waals surface area contributed by atoms with Crippen molar-refractivity contribution in [3.05, 3.63) is 33.4 Å². The molecular weight excluding hydrogens is 572 g/mol. The van der Waals surface area contributed by atoms with Gasteiger partial charge in [0.25, 0.3) is 0 Å². The van der Waals surface area contributed by atoms with Gasteiger partial charge in [-0.1, -0.05) is 18.5 Å². The van der Waals surface area contributed by atoms with Gasteiger partial charge in [0, 0.05) is 47.7 Å². The van der Waals surface area contributed by atoms with Crippen LogP contribution < -0.4 is 20.7 Å². The standard InChI is InChI=1S/C33H46N8O2S/c1-7-10-22-29(39-43-30(22)33(5)13-8-12-25-28(33)23(16-34)31(35)44-25)32-37-26(41-17-19(2)36-20(3)18-41)15-27(38-32)42-21(4)24-11-9-14-40(24)6/h15,19-21,24,36H,7-14,17-18,35H2,1-6H3/t19-,20-,21-,24-,33-/m0/s1. The number of hydrogen-bond acceptors (Lipinski definition) is 11. The number of nitriles is 1. The van der Waals surface area contributed by atoms with Crippen LogP contribution in [0.2, 0.25) is 0 Å².